The molecule has 2 saturated heterocycles. The second-order valence-corrected chi connectivity index (χ2v) is 7.83. The van der Waals surface area contributed by atoms with Crippen molar-refractivity contribution < 1.29 is 28.7 Å². The summed E-state index contributed by atoms with van der Waals surface area (Å²) in [6, 6.07) is -1.11. The Kier molecular flexibility index (Phi) is 7.18. The molecule has 2 aliphatic rings. The van der Waals surface area contributed by atoms with Crippen LogP contribution in [0.4, 0.5) is 4.79 Å². The van der Waals surface area contributed by atoms with Crippen LogP contribution in [0.15, 0.2) is 0 Å². The van der Waals surface area contributed by atoms with E-state index < -0.39 is 35.3 Å². The number of alkyl carbamates (subject to hydrolysis) is 1. The third-order valence-electron chi connectivity index (χ3n) is 4.44. The van der Waals surface area contributed by atoms with E-state index in [1.165, 1.54) is 4.90 Å². The number of amides is 3. The number of ether oxygens (including phenoxy) is 2. The van der Waals surface area contributed by atoms with Crippen LogP contribution in [0.5, 0.6) is 0 Å². The summed E-state index contributed by atoms with van der Waals surface area (Å²) in [5.74, 6) is -2.00. The summed E-state index contributed by atoms with van der Waals surface area (Å²) in [4.78, 5) is 51.0. The fraction of sp³-hybridized carbons (Fsp3) is 0.778. The molecule has 3 amide bonds. The molecule has 9 heteroatoms. The van der Waals surface area contributed by atoms with E-state index in [1.54, 1.807) is 20.8 Å². The third kappa shape index (κ3) is 6.50. The summed E-state index contributed by atoms with van der Waals surface area (Å²) in [6.07, 6.45) is 0.685. The van der Waals surface area contributed by atoms with E-state index in [2.05, 4.69) is 10.6 Å². The van der Waals surface area contributed by atoms with E-state index >= 15 is 0 Å². The molecule has 2 atom stereocenters. The Morgan fingerprint density at radius 2 is 1.96 bits per heavy atom. The number of hydrogen-bond acceptors (Lipinski definition) is 6. The molecule has 2 fully saturated rings. The van der Waals surface area contributed by atoms with Gasteiger partial charge in [0.15, 0.2) is 0 Å². The topological polar surface area (TPSA) is 114 Å². The largest absolute Gasteiger partial charge is 0.444 e. The van der Waals surface area contributed by atoms with Gasteiger partial charge in [0.2, 0.25) is 11.7 Å². The van der Waals surface area contributed by atoms with E-state index in [0.717, 1.165) is 6.42 Å². The lowest BCUT2D eigenvalue weighted by Crippen LogP contribution is -2.53. The molecule has 0 saturated carbocycles. The number of morpholine rings is 1. The minimum absolute atomic E-state index is 0.0694. The van der Waals surface area contributed by atoms with Gasteiger partial charge in [-0.1, -0.05) is 0 Å². The van der Waals surface area contributed by atoms with Gasteiger partial charge >= 0.3 is 6.09 Å². The minimum atomic E-state index is -1.11. The monoisotopic (exact) mass is 383 g/mol. The summed E-state index contributed by atoms with van der Waals surface area (Å²) in [5.41, 5.74) is -0.742. The minimum Gasteiger partial charge on any atom is -0.444 e. The predicted molar refractivity (Wildman–Crippen MR) is 95.9 cm³/mol. The summed E-state index contributed by atoms with van der Waals surface area (Å²) >= 11 is 0. The van der Waals surface area contributed by atoms with Gasteiger partial charge in [-0.3, -0.25) is 14.4 Å². The van der Waals surface area contributed by atoms with Crippen molar-refractivity contribution in [2.45, 2.75) is 51.7 Å². The fourth-order valence-electron chi connectivity index (χ4n) is 3.10. The maximum Gasteiger partial charge on any atom is 0.408 e. The number of hydrogen-bond donors (Lipinski definition) is 2. The molecule has 2 heterocycles. The molecule has 2 N–H and O–H groups in total. The highest BCUT2D eigenvalue weighted by molar-refractivity contribution is 6.38. The number of carbonyl (C=O) groups excluding carboxylic acids is 4. The van der Waals surface area contributed by atoms with Crippen LogP contribution in [-0.4, -0.2) is 73.1 Å². The molecule has 9 nitrogen and oxygen atoms in total. The van der Waals surface area contributed by atoms with Crippen molar-refractivity contribution in [1.29, 1.82) is 0 Å². The molecule has 0 bridgehead atoms. The SMILES string of the molecule is CC(C)(C)OC(=O)N[C@@H](C[C@@H]1CCCNC1=O)C(=O)C(=O)N1CCOCC1. The molecular formula is C18H29N3O6. The van der Waals surface area contributed by atoms with Crippen LogP contribution < -0.4 is 10.6 Å². The van der Waals surface area contributed by atoms with Crippen molar-refractivity contribution in [1.82, 2.24) is 15.5 Å². The average molecular weight is 383 g/mol. The Balaban J connectivity index is 2.09. The van der Waals surface area contributed by atoms with E-state index in [4.69, 9.17) is 9.47 Å². The lowest BCUT2D eigenvalue weighted by Gasteiger charge is -2.30. The molecule has 2 aliphatic heterocycles. The van der Waals surface area contributed by atoms with Crippen LogP contribution in [-0.2, 0) is 23.9 Å². The van der Waals surface area contributed by atoms with Crippen LogP contribution in [0.2, 0.25) is 0 Å². The van der Waals surface area contributed by atoms with Gasteiger partial charge < -0.3 is 25.0 Å². The molecule has 0 unspecified atom stereocenters. The Hall–Kier alpha value is -2.16. The Bertz CT molecular complexity index is 580. The first-order valence-electron chi connectivity index (χ1n) is 9.35. The van der Waals surface area contributed by atoms with Crippen molar-refractivity contribution in [3.63, 3.8) is 0 Å². The van der Waals surface area contributed by atoms with Gasteiger partial charge in [0.25, 0.3) is 5.91 Å². The number of ketones is 1. The van der Waals surface area contributed by atoms with Crippen LogP contribution in [0.3, 0.4) is 0 Å². The zero-order valence-electron chi connectivity index (χ0n) is 16.2. The van der Waals surface area contributed by atoms with Crippen LogP contribution in [0.1, 0.15) is 40.0 Å². The number of Topliss-reactive ketones (excluding diaryl/α,β-unsaturated/α-hetero) is 1. The zero-order valence-corrected chi connectivity index (χ0v) is 16.2. The molecule has 152 valence electrons. The first-order valence-corrected chi connectivity index (χ1v) is 9.35. The number of carbonyl (C=O) groups is 4. The summed E-state index contributed by atoms with van der Waals surface area (Å²) in [6.45, 7) is 7.11. The van der Waals surface area contributed by atoms with Crippen molar-refractivity contribution >= 4 is 23.7 Å². The molecule has 0 aliphatic carbocycles. The second-order valence-electron chi connectivity index (χ2n) is 7.83. The maximum absolute atomic E-state index is 12.8. The van der Waals surface area contributed by atoms with E-state index in [1.807, 2.05) is 0 Å². The number of nitrogens with zero attached hydrogens (tertiary/aromatic N) is 1. The van der Waals surface area contributed by atoms with Gasteiger partial charge in [-0.25, -0.2) is 4.79 Å². The van der Waals surface area contributed by atoms with E-state index in [0.29, 0.717) is 39.3 Å². The standard InChI is InChI=1S/C18H29N3O6/c1-18(2,3)27-17(25)20-13(11-12-5-4-6-19-15(12)23)14(22)16(24)21-7-9-26-10-8-21/h12-13H,4-11H2,1-3H3,(H,19,23)(H,20,25)/t12-,13-/m0/s1. The smallest absolute Gasteiger partial charge is 0.408 e. The molecule has 0 spiro atoms. The highest BCUT2D eigenvalue weighted by Gasteiger charge is 2.36. The summed E-state index contributed by atoms with van der Waals surface area (Å²) in [7, 11) is 0. The Morgan fingerprint density at radius 1 is 1.30 bits per heavy atom. The first kappa shape index (κ1) is 21.1. The van der Waals surface area contributed by atoms with Crippen molar-refractivity contribution in [3.8, 4) is 0 Å². The van der Waals surface area contributed by atoms with Gasteiger partial charge in [-0.2, -0.15) is 0 Å². The molecule has 27 heavy (non-hydrogen) atoms. The van der Waals surface area contributed by atoms with Crippen molar-refractivity contribution in [2.75, 3.05) is 32.8 Å². The second kappa shape index (κ2) is 9.16. The van der Waals surface area contributed by atoms with Crippen LogP contribution >= 0.6 is 0 Å². The van der Waals surface area contributed by atoms with Gasteiger partial charge in [0.05, 0.1) is 13.2 Å². The Labute approximate surface area is 159 Å². The normalized spacial score (nSPS) is 21.8. The lowest BCUT2D eigenvalue weighted by atomic mass is 9.90. The molecule has 2 rings (SSSR count). The summed E-state index contributed by atoms with van der Waals surface area (Å²) in [5, 5.41) is 5.25. The fourth-order valence-corrected chi connectivity index (χ4v) is 3.10. The summed E-state index contributed by atoms with van der Waals surface area (Å²) < 4.78 is 10.4. The maximum atomic E-state index is 12.8. The van der Waals surface area contributed by atoms with E-state index in [-0.39, 0.29) is 12.3 Å². The quantitative estimate of drug-likeness (QED) is 0.657. The third-order valence-corrected chi connectivity index (χ3v) is 4.44. The molecular weight excluding hydrogens is 354 g/mol. The Morgan fingerprint density at radius 3 is 2.56 bits per heavy atom. The molecule has 0 aromatic heterocycles. The van der Waals surface area contributed by atoms with Crippen molar-refractivity contribution in [2.24, 2.45) is 5.92 Å². The van der Waals surface area contributed by atoms with Gasteiger partial charge in [-0.05, 0) is 40.0 Å². The number of nitrogens with one attached hydrogen (secondary N) is 2. The molecule has 0 aromatic carbocycles. The highest BCUT2D eigenvalue weighted by atomic mass is 16.6. The predicted octanol–water partition coefficient (Wildman–Crippen LogP) is 0.224. The van der Waals surface area contributed by atoms with Gasteiger partial charge in [-0.15, -0.1) is 0 Å². The van der Waals surface area contributed by atoms with E-state index in [9.17, 15) is 19.2 Å². The first-order chi connectivity index (χ1) is 12.7. The average Bonchev–Trinajstić information content (AvgIpc) is 2.61. The zero-order chi connectivity index (χ0) is 20.0. The number of rotatable bonds is 5. The van der Waals surface area contributed by atoms with Crippen LogP contribution in [0.25, 0.3) is 0 Å². The van der Waals surface area contributed by atoms with Crippen molar-refractivity contribution in [3.05, 3.63) is 0 Å². The molecule has 0 radical (unpaired) electrons. The number of piperidine rings is 1. The lowest BCUT2D eigenvalue weighted by molar-refractivity contribution is -0.148. The van der Waals surface area contributed by atoms with Crippen LogP contribution in [0, 0.1) is 5.92 Å². The molecule has 0 aromatic rings. The van der Waals surface area contributed by atoms with Gasteiger partial charge in [0.1, 0.15) is 11.6 Å². The van der Waals surface area contributed by atoms with Gasteiger partial charge in [0, 0.05) is 25.6 Å². The highest BCUT2D eigenvalue weighted by Crippen LogP contribution is 2.19.